The monoisotopic (exact) mass is 288 g/mol. The maximum atomic E-state index is 11.2. The first-order chi connectivity index (χ1) is 9.87. The van der Waals surface area contributed by atoms with Gasteiger partial charge in [0.05, 0.1) is 0 Å². The molecule has 3 nitrogen and oxygen atoms in total. The molecule has 4 bridgehead atoms. The van der Waals surface area contributed by atoms with Crippen molar-refractivity contribution in [1.29, 1.82) is 0 Å². The van der Waals surface area contributed by atoms with Crippen LogP contribution in [0.2, 0.25) is 0 Å². The van der Waals surface area contributed by atoms with Crippen molar-refractivity contribution >= 4 is 0 Å². The van der Waals surface area contributed by atoms with E-state index in [1.165, 1.54) is 38.5 Å². The Morgan fingerprint density at radius 3 is 2.48 bits per heavy atom. The number of aliphatic hydroxyl groups excluding tert-OH is 1. The molecule has 1 aromatic rings. The lowest BCUT2D eigenvalue weighted by atomic mass is 9.39. The van der Waals surface area contributed by atoms with Gasteiger partial charge in [-0.05, 0) is 62.2 Å². The van der Waals surface area contributed by atoms with E-state index in [0.29, 0.717) is 10.8 Å². The molecule has 1 N–H and O–H groups in total. The van der Waals surface area contributed by atoms with E-state index in [1.54, 1.807) is 0 Å². The van der Waals surface area contributed by atoms with Gasteiger partial charge in [0.1, 0.15) is 11.9 Å². The molecule has 3 unspecified atom stereocenters. The molecule has 4 aliphatic carbocycles. The number of aliphatic hydroxyl groups is 1. The molecule has 5 rings (SSSR count). The van der Waals surface area contributed by atoms with E-state index < -0.39 is 6.10 Å². The van der Waals surface area contributed by atoms with Crippen LogP contribution in [-0.2, 0) is 6.54 Å². The Morgan fingerprint density at radius 1 is 1.24 bits per heavy atom. The summed E-state index contributed by atoms with van der Waals surface area (Å²) < 4.78 is 2.12. The molecule has 0 saturated heterocycles. The number of aromatic nitrogens is 2. The van der Waals surface area contributed by atoms with Crippen LogP contribution >= 0.6 is 0 Å². The molecule has 116 valence electrons. The summed E-state index contributed by atoms with van der Waals surface area (Å²) >= 11 is 0. The number of aryl methyl sites for hydroxylation is 1. The lowest BCUT2D eigenvalue weighted by Gasteiger charge is -2.66. The van der Waals surface area contributed by atoms with E-state index in [-0.39, 0.29) is 5.41 Å². The van der Waals surface area contributed by atoms with Crippen LogP contribution in [0.4, 0.5) is 0 Å². The Morgan fingerprint density at radius 2 is 1.90 bits per heavy atom. The fraction of sp³-hybridized carbons (Fsp3) is 0.833. The van der Waals surface area contributed by atoms with E-state index in [2.05, 4.69) is 30.3 Å². The number of imidazole rings is 1. The van der Waals surface area contributed by atoms with E-state index in [9.17, 15) is 5.11 Å². The largest absolute Gasteiger partial charge is 0.385 e. The van der Waals surface area contributed by atoms with Crippen LogP contribution in [0, 0.1) is 22.2 Å². The highest BCUT2D eigenvalue weighted by molar-refractivity contribution is 5.15. The van der Waals surface area contributed by atoms with Crippen LogP contribution in [-0.4, -0.2) is 14.7 Å². The molecule has 21 heavy (non-hydrogen) atoms. The quantitative estimate of drug-likeness (QED) is 0.915. The fourth-order valence-corrected chi connectivity index (χ4v) is 6.95. The maximum Gasteiger partial charge on any atom is 0.138 e. The van der Waals surface area contributed by atoms with Crippen LogP contribution in [0.1, 0.15) is 71.2 Å². The van der Waals surface area contributed by atoms with Crippen molar-refractivity contribution < 1.29 is 5.11 Å². The van der Waals surface area contributed by atoms with Gasteiger partial charge in [0.25, 0.3) is 0 Å². The zero-order valence-electron chi connectivity index (χ0n) is 13.6. The lowest BCUT2D eigenvalue weighted by molar-refractivity contribution is -0.189. The summed E-state index contributed by atoms with van der Waals surface area (Å²) in [6, 6.07) is 0. The van der Waals surface area contributed by atoms with Crippen molar-refractivity contribution in [3.8, 4) is 0 Å². The van der Waals surface area contributed by atoms with Gasteiger partial charge in [-0.15, -0.1) is 0 Å². The molecule has 4 saturated carbocycles. The zero-order chi connectivity index (χ0) is 14.9. The molecule has 0 amide bonds. The number of rotatable bonds is 3. The van der Waals surface area contributed by atoms with E-state index in [0.717, 1.165) is 18.3 Å². The summed E-state index contributed by atoms with van der Waals surface area (Å²) in [4.78, 5) is 4.50. The van der Waals surface area contributed by atoms with E-state index in [4.69, 9.17) is 0 Å². The van der Waals surface area contributed by atoms with Crippen molar-refractivity contribution in [3.05, 3.63) is 18.2 Å². The third kappa shape index (κ3) is 1.93. The van der Waals surface area contributed by atoms with Crippen molar-refractivity contribution in [2.75, 3.05) is 0 Å². The van der Waals surface area contributed by atoms with Gasteiger partial charge in [-0.2, -0.15) is 0 Å². The molecule has 0 aromatic carbocycles. The molecule has 0 aliphatic heterocycles. The standard InChI is InChI=1S/C18H28N2O/c1-4-20-6-5-19-15(20)14(21)18-9-13-7-16(2,11-18)10-17(3,8-13)12-18/h5-6,13-14,21H,4,7-12H2,1-3H3. The first-order valence-corrected chi connectivity index (χ1v) is 8.56. The molecule has 4 fully saturated rings. The number of nitrogens with zero attached hydrogens (tertiary/aromatic N) is 2. The van der Waals surface area contributed by atoms with Gasteiger partial charge in [-0.25, -0.2) is 4.98 Å². The summed E-state index contributed by atoms with van der Waals surface area (Å²) in [6.07, 6.45) is 11.1. The fourth-order valence-electron chi connectivity index (χ4n) is 6.95. The van der Waals surface area contributed by atoms with Crippen LogP contribution in [0.5, 0.6) is 0 Å². The molecule has 4 aliphatic rings. The van der Waals surface area contributed by atoms with Crippen molar-refractivity contribution in [2.45, 2.75) is 71.9 Å². The van der Waals surface area contributed by atoms with Gasteiger partial charge < -0.3 is 9.67 Å². The summed E-state index contributed by atoms with van der Waals surface area (Å²) in [7, 11) is 0. The minimum Gasteiger partial charge on any atom is -0.385 e. The maximum absolute atomic E-state index is 11.2. The predicted molar refractivity (Wildman–Crippen MR) is 82.7 cm³/mol. The number of hydrogen-bond donors (Lipinski definition) is 1. The van der Waals surface area contributed by atoms with Crippen LogP contribution < -0.4 is 0 Å². The lowest BCUT2D eigenvalue weighted by Crippen LogP contribution is -2.57. The molecular weight excluding hydrogens is 260 g/mol. The second-order valence-corrected chi connectivity index (χ2v) is 8.97. The van der Waals surface area contributed by atoms with Gasteiger partial charge in [0.2, 0.25) is 0 Å². The zero-order valence-corrected chi connectivity index (χ0v) is 13.6. The second-order valence-electron chi connectivity index (χ2n) is 8.97. The van der Waals surface area contributed by atoms with Gasteiger partial charge in [-0.1, -0.05) is 13.8 Å². The molecule has 3 heteroatoms. The molecule has 1 heterocycles. The third-order valence-corrected chi connectivity index (χ3v) is 6.58. The van der Waals surface area contributed by atoms with Gasteiger partial charge in [0.15, 0.2) is 0 Å². The molecule has 3 atom stereocenters. The van der Waals surface area contributed by atoms with Crippen LogP contribution in [0.15, 0.2) is 12.4 Å². The molecule has 0 spiro atoms. The SMILES string of the molecule is CCn1ccnc1C(O)C12CC3CC(C)(CC(C)(C3)C1)C2. The Balaban J connectivity index is 1.74. The normalized spacial score (nSPS) is 46.0. The van der Waals surface area contributed by atoms with Gasteiger partial charge in [-0.3, -0.25) is 0 Å². The second kappa shape index (κ2) is 4.13. The summed E-state index contributed by atoms with van der Waals surface area (Å²) in [5.74, 6) is 1.71. The third-order valence-electron chi connectivity index (χ3n) is 6.58. The van der Waals surface area contributed by atoms with Crippen LogP contribution in [0.25, 0.3) is 0 Å². The summed E-state index contributed by atoms with van der Waals surface area (Å²) in [5, 5.41) is 11.2. The Hall–Kier alpha value is -0.830. The van der Waals surface area contributed by atoms with Crippen LogP contribution in [0.3, 0.4) is 0 Å². The molecule has 0 radical (unpaired) electrons. The van der Waals surface area contributed by atoms with Crippen molar-refractivity contribution in [2.24, 2.45) is 22.2 Å². The average Bonchev–Trinajstić information content (AvgIpc) is 2.81. The minimum atomic E-state index is -0.394. The smallest absolute Gasteiger partial charge is 0.138 e. The highest BCUT2D eigenvalue weighted by atomic mass is 16.3. The average molecular weight is 288 g/mol. The summed E-state index contributed by atoms with van der Waals surface area (Å²) in [5.41, 5.74) is 0.957. The van der Waals surface area contributed by atoms with E-state index in [1.807, 2.05) is 12.4 Å². The minimum absolute atomic E-state index is 0.0706. The Labute approximate surface area is 127 Å². The Kier molecular flexibility index (Phi) is 2.71. The predicted octanol–water partition coefficient (Wildman–Crippen LogP) is 3.93. The topological polar surface area (TPSA) is 38.0 Å². The van der Waals surface area contributed by atoms with Gasteiger partial charge >= 0.3 is 0 Å². The Bertz CT molecular complexity index is 545. The van der Waals surface area contributed by atoms with E-state index >= 15 is 0 Å². The highest BCUT2D eigenvalue weighted by Gasteiger charge is 2.62. The number of hydrogen-bond acceptors (Lipinski definition) is 2. The first kappa shape index (κ1) is 13.8. The molecule has 1 aromatic heterocycles. The first-order valence-electron chi connectivity index (χ1n) is 8.56. The molecular formula is C18H28N2O. The van der Waals surface area contributed by atoms with Crippen molar-refractivity contribution in [1.82, 2.24) is 9.55 Å². The summed E-state index contributed by atoms with van der Waals surface area (Å²) in [6.45, 7) is 7.94. The van der Waals surface area contributed by atoms with Gasteiger partial charge in [0, 0.05) is 24.4 Å². The van der Waals surface area contributed by atoms with Crippen molar-refractivity contribution in [3.63, 3.8) is 0 Å². The highest BCUT2D eigenvalue weighted by Crippen LogP contribution is 2.72.